The maximum atomic E-state index is 14.1. The van der Waals surface area contributed by atoms with Gasteiger partial charge in [-0.2, -0.15) is 4.90 Å². The third kappa shape index (κ3) is 5.84. The van der Waals surface area contributed by atoms with E-state index in [9.17, 15) is 14.0 Å². The fraction of sp³-hybridized carbons (Fsp3) is 0.562. The zero-order valence-electron chi connectivity index (χ0n) is 14.6. The van der Waals surface area contributed by atoms with Gasteiger partial charge >= 0.3 is 12.2 Å². The molecule has 0 atom stereocenters. The molecule has 23 heavy (non-hydrogen) atoms. The summed E-state index contributed by atoms with van der Waals surface area (Å²) in [4.78, 5) is 29.1. The molecular formula is C16H23FN2O4. The van der Waals surface area contributed by atoms with Crippen LogP contribution in [0.3, 0.4) is 0 Å². The fourth-order valence-corrected chi connectivity index (χ4v) is 1.55. The van der Waals surface area contributed by atoms with E-state index in [1.165, 1.54) is 6.07 Å². The SMILES string of the molecule is Cc1ccc(F)c(N(C(=O)OC(C)(C)C)C(=O)OC(C)(C)C)n1. The molecule has 0 saturated heterocycles. The van der Waals surface area contributed by atoms with Crippen LogP contribution in [0.15, 0.2) is 12.1 Å². The number of carbonyl (C=O) groups excluding carboxylic acids is 2. The van der Waals surface area contributed by atoms with Crippen LogP contribution >= 0.6 is 0 Å². The molecule has 1 aromatic rings. The molecule has 7 heteroatoms. The molecule has 0 aromatic carbocycles. The van der Waals surface area contributed by atoms with Crippen molar-refractivity contribution in [2.45, 2.75) is 59.7 Å². The number of hydrogen-bond donors (Lipinski definition) is 0. The number of imide groups is 1. The Morgan fingerprint density at radius 1 is 1.00 bits per heavy atom. The van der Waals surface area contributed by atoms with Crippen molar-refractivity contribution >= 4 is 18.0 Å². The molecule has 0 spiro atoms. The Balaban J connectivity index is 3.28. The van der Waals surface area contributed by atoms with E-state index in [0.717, 1.165) is 6.07 Å². The van der Waals surface area contributed by atoms with Crippen molar-refractivity contribution in [3.63, 3.8) is 0 Å². The second kappa shape index (κ2) is 6.52. The van der Waals surface area contributed by atoms with Crippen molar-refractivity contribution in [2.24, 2.45) is 0 Å². The first-order chi connectivity index (χ1) is 10.3. The Morgan fingerprint density at radius 2 is 1.43 bits per heavy atom. The second-order valence-corrected chi connectivity index (χ2v) is 7.05. The van der Waals surface area contributed by atoms with Gasteiger partial charge in [-0.1, -0.05) is 0 Å². The first-order valence-electron chi connectivity index (χ1n) is 7.19. The lowest BCUT2D eigenvalue weighted by atomic mass is 10.2. The van der Waals surface area contributed by atoms with Crippen molar-refractivity contribution < 1.29 is 23.5 Å². The third-order valence-electron chi connectivity index (χ3n) is 2.33. The second-order valence-electron chi connectivity index (χ2n) is 7.05. The molecule has 1 aromatic heterocycles. The predicted octanol–water partition coefficient (Wildman–Crippen LogP) is 4.21. The van der Waals surface area contributed by atoms with Gasteiger partial charge in [0, 0.05) is 5.69 Å². The van der Waals surface area contributed by atoms with E-state index in [-0.39, 0.29) is 0 Å². The zero-order valence-corrected chi connectivity index (χ0v) is 14.6. The van der Waals surface area contributed by atoms with Crippen molar-refractivity contribution in [2.75, 3.05) is 4.90 Å². The molecule has 1 rings (SSSR count). The number of pyridine rings is 1. The average Bonchev–Trinajstić information content (AvgIpc) is 2.29. The number of nitrogens with zero attached hydrogens (tertiary/aromatic N) is 2. The van der Waals surface area contributed by atoms with Crippen LogP contribution in [0.5, 0.6) is 0 Å². The molecule has 0 bridgehead atoms. The van der Waals surface area contributed by atoms with Gasteiger partial charge < -0.3 is 9.47 Å². The van der Waals surface area contributed by atoms with E-state index in [0.29, 0.717) is 10.6 Å². The Labute approximate surface area is 135 Å². The smallest absolute Gasteiger partial charge is 0.425 e. The van der Waals surface area contributed by atoms with Crippen molar-refractivity contribution in [1.82, 2.24) is 4.98 Å². The first-order valence-corrected chi connectivity index (χ1v) is 7.19. The summed E-state index contributed by atoms with van der Waals surface area (Å²) in [6.07, 6.45) is -2.10. The van der Waals surface area contributed by atoms with E-state index < -0.39 is 35.0 Å². The van der Waals surface area contributed by atoms with Gasteiger partial charge in [-0.3, -0.25) is 0 Å². The maximum Gasteiger partial charge on any atom is 0.425 e. The standard InChI is InChI=1S/C16H23FN2O4/c1-10-8-9-11(17)12(18-10)19(13(20)22-15(2,3)4)14(21)23-16(5,6)7/h8-9H,1-7H3. The normalized spacial score (nSPS) is 11.8. The lowest BCUT2D eigenvalue weighted by Crippen LogP contribution is -2.44. The topological polar surface area (TPSA) is 68.7 Å². The summed E-state index contributed by atoms with van der Waals surface area (Å²) < 4.78 is 24.4. The summed E-state index contributed by atoms with van der Waals surface area (Å²) in [5, 5.41) is 0. The monoisotopic (exact) mass is 326 g/mol. The summed E-state index contributed by atoms with van der Waals surface area (Å²) >= 11 is 0. The summed E-state index contributed by atoms with van der Waals surface area (Å²) in [7, 11) is 0. The summed E-state index contributed by atoms with van der Waals surface area (Å²) in [5.41, 5.74) is -1.28. The molecule has 2 amide bonds. The van der Waals surface area contributed by atoms with Gasteiger partial charge in [-0.25, -0.2) is 19.0 Å². The van der Waals surface area contributed by atoms with Crippen molar-refractivity contribution in [3.05, 3.63) is 23.6 Å². The predicted molar refractivity (Wildman–Crippen MR) is 83.9 cm³/mol. The summed E-state index contributed by atoms with van der Waals surface area (Å²) in [5.74, 6) is -1.28. The number of anilines is 1. The lowest BCUT2D eigenvalue weighted by molar-refractivity contribution is 0.0427. The van der Waals surface area contributed by atoms with Crippen LogP contribution in [0, 0.1) is 12.7 Å². The minimum Gasteiger partial charge on any atom is -0.443 e. The number of carbonyl (C=O) groups is 2. The van der Waals surface area contributed by atoms with Gasteiger partial charge in [0.25, 0.3) is 0 Å². The minimum atomic E-state index is -1.05. The number of halogens is 1. The van der Waals surface area contributed by atoms with E-state index in [4.69, 9.17) is 9.47 Å². The van der Waals surface area contributed by atoms with Gasteiger partial charge in [0.2, 0.25) is 0 Å². The van der Waals surface area contributed by atoms with E-state index in [1.54, 1.807) is 48.5 Å². The lowest BCUT2D eigenvalue weighted by Gasteiger charge is -2.28. The molecule has 128 valence electrons. The number of amides is 2. The Morgan fingerprint density at radius 3 is 1.83 bits per heavy atom. The molecule has 0 N–H and O–H groups in total. The van der Waals surface area contributed by atoms with Crippen LogP contribution < -0.4 is 4.90 Å². The van der Waals surface area contributed by atoms with Crippen LogP contribution in [-0.2, 0) is 9.47 Å². The largest absolute Gasteiger partial charge is 0.443 e. The summed E-state index contributed by atoms with van der Waals surface area (Å²) in [6.45, 7) is 11.4. The highest BCUT2D eigenvalue weighted by atomic mass is 19.1. The average molecular weight is 326 g/mol. The molecule has 0 fully saturated rings. The number of aromatic nitrogens is 1. The van der Waals surface area contributed by atoms with Gasteiger partial charge in [0.15, 0.2) is 11.6 Å². The Kier molecular flexibility index (Phi) is 5.35. The molecule has 0 aliphatic rings. The number of rotatable bonds is 1. The number of hydrogen-bond acceptors (Lipinski definition) is 5. The van der Waals surface area contributed by atoms with Crippen LogP contribution in [0.2, 0.25) is 0 Å². The van der Waals surface area contributed by atoms with E-state index in [2.05, 4.69) is 4.98 Å². The summed E-state index contributed by atoms with van der Waals surface area (Å²) in [6, 6.07) is 2.56. The van der Waals surface area contributed by atoms with Gasteiger partial charge in [-0.15, -0.1) is 0 Å². The van der Waals surface area contributed by atoms with Gasteiger partial charge in [0.1, 0.15) is 11.2 Å². The third-order valence-corrected chi connectivity index (χ3v) is 2.33. The molecule has 0 aliphatic carbocycles. The molecule has 0 aliphatic heterocycles. The van der Waals surface area contributed by atoms with Gasteiger partial charge in [0.05, 0.1) is 0 Å². The highest BCUT2D eigenvalue weighted by Crippen LogP contribution is 2.23. The zero-order chi connectivity index (χ0) is 18.0. The van der Waals surface area contributed by atoms with E-state index in [1.807, 2.05) is 0 Å². The highest BCUT2D eigenvalue weighted by molar-refractivity contribution is 6.08. The minimum absolute atomic E-state index is 0.443. The quantitative estimate of drug-likeness (QED) is 0.773. The van der Waals surface area contributed by atoms with Crippen molar-refractivity contribution in [1.29, 1.82) is 0 Å². The molecule has 6 nitrogen and oxygen atoms in total. The molecule has 0 unspecified atom stereocenters. The highest BCUT2D eigenvalue weighted by Gasteiger charge is 2.35. The maximum absolute atomic E-state index is 14.1. The molecular weight excluding hydrogens is 303 g/mol. The molecule has 0 radical (unpaired) electrons. The fourth-order valence-electron chi connectivity index (χ4n) is 1.55. The van der Waals surface area contributed by atoms with Crippen LogP contribution in [0.4, 0.5) is 19.8 Å². The van der Waals surface area contributed by atoms with Gasteiger partial charge in [-0.05, 0) is 60.6 Å². The van der Waals surface area contributed by atoms with Crippen LogP contribution in [0.1, 0.15) is 47.2 Å². The number of ether oxygens (including phenoxy) is 2. The first kappa shape index (κ1) is 18.9. The number of aryl methyl sites for hydroxylation is 1. The molecule has 0 saturated carbocycles. The Bertz CT molecular complexity index is 575. The van der Waals surface area contributed by atoms with Crippen LogP contribution in [-0.4, -0.2) is 28.4 Å². The van der Waals surface area contributed by atoms with Crippen molar-refractivity contribution in [3.8, 4) is 0 Å². The Hall–Kier alpha value is -2.18. The van der Waals surface area contributed by atoms with Crippen LogP contribution in [0.25, 0.3) is 0 Å². The van der Waals surface area contributed by atoms with E-state index >= 15 is 0 Å². The molecule has 1 heterocycles.